The number of aromatic nitrogens is 5. The van der Waals surface area contributed by atoms with Crippen LogP contribution in [-0.4, -0.2) is 41.8 Å². The summed E-state index contributed by atoms with van der Waals surface area (Å²) in [5.41, 5.74) is 9.79. The van der Waals surface area contributed by atoms with Crippen LogP contribution in [0.5, 0.6) is 0 Å². The highest BCUT2D eigenvalue weighted by atomic mass is 16.6. The molecule has 2 heterocycles. The number of nitro groups is 1. The quantitative estimate of drug-likeness (QED) is 0.261. The van der Waals surface area contributed by atoms with Crippen LogP contribution in [0.2, 0.25) is 0 Å². The minimum atomic E-state index is -0.666. The van der Waals surface area contributed by atoms with Gasteiger partial charge in [-0.3, -0.25) is 14.9 Å². The van der Waals surface area contributed by atoms with E-state index in [4.69, 9.17) is 5.73 Å². The number of nitrogens with two attached hydrogens (primary N) is 1. The molecule has 2 aromatic carbocycles. The highest BCUT2D eigenvalue weighted by molar-refractivity contribution is 6.02. The van der Waals surface area contributed by atoms with Crippen molar-refractivity contribution < 1.29 is 14.3 Å². The lowest BCUT2D eigenvalue weighted by Crippen LogP contribution is -2.23. The number of carbonyl (C=O) groups is 1. The van der Waals surface area contributed by atoms with Crippen molar-refractivity contribution in [3.05, 3.63) is 76.0 Å². The monoisotopic (exact) mass is 433 g/mol. The van der Waals surface area contributed by atoms with Crippen LogP contribution in [-0.2, 0) is 0 Å². The standard InChI is InChI=1S/C19H15N9O4/c1-11(13-8-5-9-14(10-13)28(30)31)21-23-19(29)16-15(12-6-3-2-4-7-12)22-26-27(16)18-17(20)24-32-25-18/h2-10H,1H3,(H2,20,24)(H,23,29)/b21-11-. The predicted molar refractivity (Wildman–Crippen MR) is 112 cm³/mol. The predicted octanol–water partition coefficient (Wildman–Crippen LogP) is 1.96. The van der Waals surface area contributed by atoms with E-state index in [1.807, 2.05) is 6.07 Å². The molecule has 13 nitrogen and oxygen atoms in total. The van der Waals surface area contributed by atoms with Crippen molar-refractivity contribution in [1.29, 1.82) is 0 Å². The molecular weight excluding hydrogens is 418 g/mol. The SMILES string of the molecule is C/C(=N/NC(=O)c1c(-c2ccccc2)nnn1-c1nonc1N)c1cccc([N+](=O)[O-])c1. The number of amides is 1. The number of anilines is 1. The second-order valence-corrected chi connectivity index (χ2v) is 6.48. The number of hydrogen-bond donors (Lipinski definition) is 2. The molecule has 0 fully saturated rings. The molecule has 0 aliphatic heterocycles. The molecule has 13 heteroatoms. The highest BCUT2D eigenvalue weighted by Crippen LogP contribution is 2.24. The molecule has 0 spiro atoms. The van der Waals surface area contributed by atoms with Gasteiger partial charge in [-0.05, 0) is 17.2 Å². The molecule has 0 aliphatic carbocycles. The summed E-state index contributed by atoms with van der Waals surface area (Å²) >= 11 is 0. The van der Waals surface area contributed by atoms with Crippen LogP contribution in [0.1, 0.15) is 23.0 Å². The van der Waals surface area contributed by atoms with Crippen LogP contribution >= 0.6 is 0 Å². The molecular formula is C19H15N9O4. The van der Waals surface area contributed by atoms with Gasteiger partial charge in [-0.2, -0.15) is 9.78 Å². The fourth-order valence-electron chi connectivity index (χ4n) is 2.86. The Bertz CT molecular complexity index is 1330. The molecule has 3 N–H and O–H groups in total. The lowest BCUT2D eigenvalue weighted by atomic mass is 10.1. The first-order valence-electron chi connectivity index (χ1n) is 9.14. The maximum absolute atomic E-state index is 13.1. The van der Waals surface area contributed by atoms with Gasteiger partial charge < -0.3 is 5.73 Å². The summed E-state index contributed by atoms with van der Waals surface area (Å²) in [4.78, 5) is 23.6. The van der Waals surface area contributed by atoms with E-state index in [1.54, 1.807) is 37.3 Å². The van der Waals surface area contributed by atoms with E-state index in [0.29, 0.717) is 16.8 Å². The van der Waals surface area contributed by atoms with Crippen molar-refractivity contribution in [3.63, 3.8) is 0 Å². The zero-order valence-corrected chi connectivity index (χ0v) is 16.5. The molecule has 0 bridgehead atoms. The van der Waals surface area contributed by atoms with Crippen LogP contribution in [0.3, 0.4) is 0 Å². The Morgan fingerprint density at radius 1 is 1.19 bits per heavy atom. The Balaban J connectivity index is 1.70. The topological polar surface area (TPSA) is 180 Å². The fraction of sp³-hybridized carbons (Fsp3) is 0.0526. The van der Waals surface area contributed by atoms with Crippen molar-refractivity contribution in [1.82, 2.24) is 30.7 Å². The molecule has 32 heavy (non-hydrogen) atoms. The average molecular weight is 433 g/mol. The Labute approximate surface area is 179 Å². The molecule has 0 saturated heterocycles. The van der Waals surface area contributed by atoms with Crippen molar-refractivity contribution in [2.45, 2.75) is 6.92 Å². The van der Waals surface area contributed by atoms with Gasteiger partial charge in [0.25, 0.3) is 11.6 Å². The number of nitrogens with zero attached hydrogens (tertiary/aromatic N) is 7. The number of carbonyl (C=O) groups excluding carboxylic acids is 1. The lowest BCUT2D eigenvalue weighted by molar-refractivity contribution is -0.384. The second-order valence-electron chi connectivity index (χ2n) is 6.48. The van der Waals surface area contributed by atoms with Gasteiger partial charge in [-0.25, -0.2) is 10.1 Å². The summed E-state index contributed by atoms with van der Waals surface area (Å²) in [6.45, 7) is 1.60. The third-order valence-corrected chi connectivity index (χ3v) is 4.43. The first-order valence-corrected chi connectivity index (χ1v) is 9.14. The third kappa shape index (κ3) is 3.89. The van der Waals surface area contributed by atoms with E-state index in [2.05, 4.69) is 35.8 Å². The van der Waals surface area contributed by atoms with Crippen LogP contribution < -0.4 is 11.2 Å². The first-order chi connectivity index (χ1) is 15.5. The fourth-order valence-corrected chi connectivity index (χ4v) is 2.86. The number of nitrogens with one attached hydrogen (secondary N) is 1. The van der Waals surface area contributed by atoms with Crippen molar-refractivity contribution >= 4 is 23.1 Å². The summed E-state index contributed by atoms with van der Waals surface area (Å²) in [6.07, 6.45) is 0. The summed E-state index contributed by atoms with van der Waals surface area (Å²) < 4.78 is 5.71. The van der Waals surface area contributed by atoms with Gasteiger partial charge in [0.05, 0.1) is 10.6 Å². The molecule has 0 saturated carbocycles. The summed E-state index contributed by atoms with van der Waals surface area (Å²) in [5.74, 6) is -0.759. The van der Waals surface area contributed by atoms with Gasteiger partial charge in [-0.15, -0.1) is 5.10 Å². The second kappa shape index (κ2) is 8.43. The van der Waals surface area contributed by atoms with Gasteiger partial charge in [0, 0.05) is 23.3 Å². The largest absolute Gasteiger partial charge is 0.378 e. The summed E-state index contributed by atoms with van der Waals surface area (Å²) in [7, 11) is 0. The molecule has 0 aliphatic rings. The third-order valence-electron chi connectivity index (χ3n) is 4.43. The maximum Gasteiger partial charge on any atom is 0.292 e. The molecule has 2 aromatic heterocycles. The number of hydrogen-bond acceptors (Lipinski definition) is 10. The van der Waals surface area contributed by atoms with E-state index >= 15 is 0 Å². The van der Waals surface area contributed by atoms with E-state index in [9.17, 15) is 14.9 Å². The molecule has 160 valence electrons. The lowest BCUT2D eigenvalue weighted by Gasteiger charge is -2.06. The zero-order valence-electron chi connectivity index (χ0n) is 16.5. The summed E-state index contributed by atoms with van der Waals surface area (Å²) in [6, 6.07) is 14.8. The number of hydrazone groups is 1. The average Bonchev–Trinajstić information content (AvgIpc) is 3.43. The molecule has 1 amide bonds. The van der Waals surface area contributed by atoms with Crippen LogP contribution in [0, 0.1) is 10.1 Å². The number of rotatable bonds is 6. The van der Waals surface area contributed by atoms with Gasteiger partial charge in [0.1, 0.15) is 5.69 Å². The van der Waals surface area contributed by atoms with Gasteiger partial charge in [0.15, 0.2) is 5.69 Å². The van der Waals surface area contributed by atoms with E-state index in [-0.39, 0.29) is 28.7 Å². The molecule has 0 unspecified atom stereocenters. The van der Waals surface area contributed by atoms with Gasteiger partial charge >= 0.3 is 0 Å². The van der Waals surface area contributed by atoms with Crippen molar-refractivity contribution in [2.75, 3.05) is 5.73 Å². The highest BCUT2D eigenvalue weighted by Gasteiger charge is 2.26. The van der Waals surface area contributed by atoms with E-state index in [1.165, 1.54) is 18.2 Å². The normalized spacial score (nSPS) is 11.3. The number of non-ortho nitro benzene ring substituents is 1. The van der Waals surface area contributed by atoms with E-state index in [0.717, 1.165) is 4.68 Å². The maximum atomic E-state index is 13.1. The van der Waals surface area contributed by atoms with Gasteiger partial charge in [0.2, 0.25) is 11.6 Å². The Morgan fingerprint density at radius 3 is 2.66 bits per heavy atom. The summed E-state index contributed by atoms with van der Waals surface area (Å²) in [5, 5.41) is 30.3. The van der Waals surface area contributed by atoms with Crippen LogP contribution in [0.4, 0.5) is 11.5 Å². The minimum Gasteiger partial charge on any atom is -0.378 e. The number of benzene rings is 2. The minimum absolute atomic E-state index is 0.00538. The van der Waals surface area contributed by atoms with Gasteiger partial charge in [-0.1, -0.05) is 47.7 Å². The van der Waals surface area contributed by atoms with Crippen LogP contribution in [0.25, 0.3) is 17.1 Å². The van der Waals surface area contributed by atoms with Crippen molar-refractivity contribution in [2.24, 2.45) is 5.10 Å². The first kappa shape index (κ1) is 20.3. The Kier molecular flexibility index (Phi) is 5.36. The Hall–Kier alpha value is -4.94. The van der Waals surface area contributed by atoms with Crippen LogP contribution in [0.15, 0.2) is 64.3 Å². The molecule has 0 radical (unpaired) electrons. The molecule has 4 aromatic rings. The van der Waals surface area contributed by atoms with Crippen molar-refractivity contribution in [3.8, 4) is 17.1 Å². The van der Waals surface area contributed by atoms with E-state index < -0.39 is 10.8 Å². The Morgan fingerprint density at radius 2 is 1.97 bits per heavy atom. The molecule has 0 atom stereocenters. The zero-order chi connectivity index (χ0) is 22.7. The smallest absolute Gasteiger partial charge is 0.292 e. The number of nitrogen functional groups attached to an aromatic ring is 1. The molecule has 4 rings (SSSR count). The number of nitro benzene ring substituents is 1.